The highest BCUT2D eigenvalue weighted by Gasteiger charge is 2.13. The summed E-state index contributed by atoms with van der Waals surface area (Å²) in [5, 5.41) is 12.6. The summed E-state index contributed by atoms with van der Waals surface area (Å²) in [5.41, 5.74) is 0.101. The van der Waals surface area contributed by atoms with Gasteiger partial charge < -0.3 is 9.84 Å². The summed E-state index contributed by atoms with van der Waals surface area (Å²) in [6.07, 6.45) is 1.16. The molecule has 110 valence electrons. The first-order chi connectivity index (χ1) is 10.1. The summed E-state index contributed by atoms with van der Waals surface area (Å²) in [4.78, 5) is 26.7. The molecule has 0 saturated heterocycles. The van der Waals surface area contributed by atoms with E-state index < -0.39 is 11.5 Å². The second-order valence-electron chi connectivity index (χ2n) is 4.12. The first-order valence-corrected chi connectivity index (χ1v) is 6.38. The number of hydrogen-bond acceptors (Lipinski definition) is 5. The normalized spacial score (nSPS) is 10.9. The van der Waals surface area contributed by atoms with Crippen LogP contribution >= 0.6 is 0 Å². The van der Waals surface area contributed by atoms with E-state index in [4.69, 9.17) is 4.74 Å². The van der Waals surface area contributed by atoms with Gasteiger partial charge in [-0.3, -0.25) is 19.7 Å². The number of hydrogen-bond donors (Lipinski definition) is 2. The third kappa shape index (κ3) is 3.38. The number of H-pyrrole nitrogens is 1. The maximum absolute atomic E-state index is 11.8. The van der Waals surface area contributed by atoms with Crippen LogP contribution in [0, 0.1) is 0 Å². The van der Waals surface area contributed by atoms with Gasteiger partial charge in [-0.1, -0.05) is 18.2 Å². The predicted octanol–water partition coefficient (Wildman–Crippen LogP) is 0.853. The predicted molar refractivity (Wildman–Crippen MR) is 77.1 cm³/mol. The second kappa shape index (κ2) is 6.56. The van der Waals surface area contributed by atoms with Crippen LogP contribution in [0.2, 0.25) is 0 Å². The zero-order chi connectivity index (χ0) is 15.2. The minimum absolute atomic E-state index is 0.0110. The van der Waals surface area contributed by atoms with Crippen molar-refractivity contribution >= 4 is 12.2 Å². The summed E-state index contributed by atoms with van der Waals surface area (Å²) >= 11 is 0. The van der Waals surface area contributed by atoms with Gasteiger partial charge in [0, 0.05) is 6.21 Å². The maximum atomic E-state index is 11.8. The summed E-state index contributed by atoms with van der Waals surface area (Å²) in [6.45, 7) is 1.76. The minimum Gasteiger partial charge on any atom is -0.493 e. The summed E-state index contributed by atoms with van der Waals surface area (Å²) in [7, 11) is 0. The Morgan fingerprint density at radius 2 is 2.14 bits per heavy atom. The summed E-state index contributed by atoms with van der Waals surface area (Å²) in [6, 6.07) is 8.84. The fraction of sp³-hybridized carbons (Fsp3) is 0.214. The molecule has 0 amide bonds. The van der Waals surface area contributed by atoms with E-state index in [1.54, 1.807) is 31.2 Å². The maximum Gasteiger partial charge on any atom is 0.327 e. The molecule has 2 N–H and O–H groups in total. The van der Waals surface area contributed by atoms with Gasteiger partial charge in [0.2, 0.25) is 5.88 Å². The molecule has 0 saturated carbocycles. The number of benzene rings is 1. The van der Waals surface area contributed by atoms with Crippen molar-refractivity contribution in [2.45, 2.75) is 6.92 Å². The molecule has 0 aliphatic carbocycles. The highest BCUT2D eigenvalue weighted by atomic mass is 16.5. The van der Waals surface area contributed by atoms with Crippen LogP contribution in [0.1, 0.15) is 12.5 Å². The number of para-hydroxylation sites is 1. The van der Waals surface area contributed by atoms with Gasteiger partial charge in [-0.2, -0.15) is 0 Å². The lowest BCUT2D eigenvalue weighted by Gasteiger charge is -2.02. The Bertz CT molecular complexity index is 701. The fourth-order valence-corrected chi connectivity index (χ4v) is 1.74. The molecule has 0 atom stereocenters. The SMILES string of the molecule is CCOC(=O)CN=Cc1c(O)n(-c2ccccc2)[nH]c1=O. The van der Waals surface area contributed by atoms with Crippen LogP contribution < -0.4 is 5.56 Å². The van der Waals surface area contributed by atoms with Crippen molar-refractivity contribution in [3.8, 4) is 11.6 Å². The number of rotatable bonds is 5. The molecule has 2 aromatic rings. The zero-order valence-corrected chi connectivity index (χ0v) is 11.4. The average molecular weight is 289 g/mol. The zero-order valence-electron chi connectivity index (χ0n) is 11.4. The molecule has 1 aromatic heterocycles. The van der Waals surface area contributed by atoms with E-state index in [0.29, 0.717) is 5.69 Å². The molecule has 0 spiro atoms. The van der Waals surface area contributed by atoms with Gasteiger partial charge in [-0.05, 0) is 19.1 Å². The molecule has 0 radical (unpaired) electrons. The number of aromatic hydroxyl groups is 1. The minimum atomic E-state index is -0.496. The monoisotopic (exact) mass is 289 g/mol. The van der Waals surface area contributed by atoms with Gasteiger partial charge in [0.1, 0.15) is 12.1 Å². The van der Waals surface area contributed by atoms with E-state index in [9.17, 15) is 14.7 Å². The van der Waals surface area contributed by atoms with E-state index in [1.165, 1.54) is 4.68 Å². The second-order valence-corrected chi connectivity index (χ2v) is 4.12. The van der Waals surface area contributed by atoms with Gasteiger partial charge in [0.15, 0.2) is 0 Å². The van der Waals surface area contributed by atoms with Crippen LogP contribution in [0.15, 0.2) is 40.1 Å². The number of carbonyl (C=O) groups is 1. The molecule has 1 heterocycles. The lowest BCUT2D eigenvalue weighted by Crippen LogP contribution is -2.09. The Kier molecular flexibility index (Phi) is 4.55. The highest BCUT2D eigenvalue weighted by Crippen LogP contribution is 2.16. The van der Waals surface area contributed by atoms with Gasteiger partial charge >= 0.3 is 5.97 Å². The number of nitrogens with zero attached hydrogens (tertiary/aromatic N) is 2. The first kappa shape index (κ1) is 14.6. The van der Waals surface area contributed by atoms with E-state index in [-0.39, 0.29) is 24.6 Å². The van der Waals surface area contributed by atoms with Crippen molar-refractivity contribution in [1.82, 2.24) is 9.78 Å². The molecule has 0 bridgehead atoms. The molecule has 0 fully saturated rings. The standard InChI is InChI=1S/C14H15N3O4/c1-2-21-12(18)9-15-8-11-13(19)16-17(14(11)20)10-6-4-3-5-7-10/h3-8,20H,2,9H2,1H3,(H,16,19). The van der Waals surface area contributed by atoms with Crippen LogP contribution in [0.25, 0.3) is 5.69 Å². The number of aromatic amines is 1. The van der Waals surface area contributed by atoms with Crippen molar-refractivity contribution in [1.29, 1.82) is 0 Å². The number of esters is 1. The Balaban J connectivity index is 2.23. The molecule has 21 heavy (non-hydrogen) atoms. The Hall–Kier alpha value is -2.83. The molecule has 0 aliphatic rings. The van der Waals surface area contributed by atoms with Crippen LogP contribution in [-0.4, -0.2) is 40.2 Å². The van der Waals surface area contributed by atoms with Crippen LogP contribution in [0.4, 0.5) is 0 Å². The lowest BCUT2D eigenvalue weighted by molar-refractivity contribution is -0.141. The molecule has 2 rings (SSSR count). The Morgan fingerprint density at radius 1 is 1.43 bits per heavy atom. The molecular formula is C14H15N3O4. The van der Waals surface area contributed by atoms with Gasteiger partial charge in [0.25, 0.3) is 5.56 Å². The summed E-state index contributed by atoms with van der Waals surface area (Å²) in [5.74, 6) is -0.758. The molecule has 1 aromatic carbocycles. The topological polar surface area (TPSA) is 96.7 Å². The van der Waals surface area contributed by atoms with Crippen molar-refractivity contribution in [3.05, 3.63) is 46.2 Å². The first-order valence-electron chi connectivity index (χ1n) is 6.38. The van der Waals surface area contributed by atoms with Crippen LogP contribution in [0.5, 0.6) is 5.88 Å². The smallest absolute Gasteiger partial charge is 0.327 e. The van der Waals surface area contributed by atoms with Gasteiger partial charge in [-0.25, -0.2) is 4.68 Å². The molecular weight excluding hydrogens is 274 g/mol. The average Bonchev–Trinajstić information content (AvgIpc) is 2.76. The number of aliphatic imine (C=N–C) groups is 1. The number of aromatic nitrogens is 2. The fourth-order valence-electron chi connectivity index (χ4n) is 1.74. The highest BCUT2D eigenvalue weighted by molar-refractivity contribution is 5.84. The van der Waals surface area contributed by atoms with Crippen molar-refractivity contribution in [2.75, 3.05) is 13.2 Å². The molecule has 0 aliphatic heterocycles. The van der Waals surface area contributed by atoms with Crippen molar-refractivity contribution in [2.24, 2.45) is 4.99 Å². The van der Waals surface area contributed by atoms with Gasteiger partial charge in [0.05, 0.1) is 12.3 Å². The third-order valence-corrected chi connectivity index (χ3v) is 2.67. The quantitative estimate of drug-likeness (QED) is 0.630. The van der Waals surface area contributed by atoms with E-state index in [2.05, 4.69) is 10.1 Å². The van der Waals surface area contributed by atoms with Crippen LogP contribution in [0.3, 0.4) is 0 Å². The molecule has 7 nitrogen and oxygen atoms in total. The van der Waals surface area contributed by atoms with E-state index in [1.807, 2.05) is 6.07 Å². The Labute approximate surface area is 120 Å². The molecule has 0 unspecified atom stereocenters. The van der Waals surface area contributed by atoms with E-state index in [0.717, 1.165) is 6.21 Å². The van der Waals surface area contributed by atoms with E-state index >= 15 is 0 Å². The van der Waals surface area contributed by atoms with Crippen LogP contribution in [-0.2, 0) is 9.53 Å². The third-order valence-electron chi connectivity index (χ3n) is 2.67. The van der Waals surface area contributed by atoms with Gasteiger partial charge in [-0.15, -0.1) is 0 Å². The van der Waals surface area contributed by atoms with Crippen molar-refractivity contribution in [3.63, 3.8) is 0 Å². The number of ether oxygens (including phenoxy) is 1. The number of carbonyl (C=O) groups excluding carboxylic acids is 1. The summed E-state index contributed by atoms with van der Waals surface area (Å²) < 4.78 is 5.95. The number of nitrogens with one attached hydrogen (secondary N) is 1. The lowest BCUT2D eigenvalue weighted by atomic mass is 10.3. The molecule has 7 heteroatoms. The largest absolute Gasteiger partial charge is 0.493 e. The van der Waals surface area contributed by atoms with Crippen molar-refractivity contribution < 1.29 is 14.6 Å². The Morgan fingerprint density at radius 3 is 2.81 bits per heavy atom.